The first kappa shape index (κ1) is 19.9. The number of aromatic nitrogens is 2. The molecule has 0 fully saturated rings. The van der Waals surface area contributed by atoms with Crippen molar-refractivity contribution in [2.24, 2.45) is 0 Å². The van der Waals surface area contributed by atoms with Gasteiger partial charge in [-0.25, -0.2) is 4.39 Å². The van der Waals surface area contributed by atoms with Crippen LogP contribution in [-0.2, 0) is 4.79 Å². The molecule has 0 unspecified atom stereocenters. The van der Waals surface area contributed by atoms with Crippen LogP contribution in [0.2, 0.25) is 0 Å². The van der Waals surface area contributed by atoms with Crippen molar-refractivity contribution in [3.05, 3.63) is 82.4 Å². The molecule has 2 aromatic carbocycles. The van der Waals surface area contributed by atoms with E-state index < -0.39 is 23.4 Å². The molecule has 0 saturated heterocycles. The van der Waals surface area contributed by atoms with Gasteiger partial charge in [-0.3, -0.25) is 14.4 Å². The van der Waals surface area contributed by atoms with Crippen molar-refractivity contribution in [1.82, 2.24) is 9.78 Å². The number of benzene rings is 2. The Hall–Kier alpha value is -3.81. The minimum absolute atomic E-state index is 0.0501. The third-order valence-corrected chi connectivity index (χ3v) is 4.05. The summed E-state index contributed by atoms with van der Waals surface area (Å²) in [6.07, 6.45) is -0.928. The van der Waals surface area contributed by atoms with Gasteiger partial charge >= 0.3 is 0 Å². The summed E-state index contributed by atoms with van der Waals surface area (Å²) in [6.45, 7) is 2.97. The molecule has 8 heteroatoms. The van der Waals surface area contributed by atoms with E-state index in [1.165, 1.54) is 50.2 Å². The zero-order chi connectivity index (χ0) is 21.0. The summed E-state index contributed by atoms with van der Waals surface area (Å²) in [6, 6.07) is 14.4. The van der Waals surface area contributed by atoms with Gasteiger partial charge in [0.25, 0.3) is 11.5 Å². The lowest BCUT2D eigenvalue weighted by Crippen LogP contribution is -2.31. The van der Waals surface area contributed by atoms with Crippen molar-refractivity contribution in [2.45, 2.75) is 20.0 Å². The Labute approximate surface area is 165 Å². The average molecular weight is 395 g/mol. The lowest BCUT2D eigenvalue weighted by atomic mass is 10.1. The van der Waals surface area contributed by atoms with E-state index in [4.69, 9.17) is 4.74 Å². The molecule has 1 atom stereocenters. The number of nitrogens with zero attached hydrogens (tertiary/aromatic N) is 2. The van der Waals surface area contributed by atoms with Crippen LogP contribution in [-0.4, -0.2) is 27.6 Å². The molecule has 3 rings (SSSR count). The number of anilines is 1. The van der Waals surface area contributed by atoms with Gasteiger partial charge in [-0.05, 0) is 50.2 Å². The highest BCUT2D eigenvalue weighted by Gasteiger charge is 2.17. The number of hydrogen-bond donors (Lipinski definition) is 1. The van der Waals surface area contributed by atoms with Crippen LogP contribution in [0, 0.1) is 5.82 Å². The number of hydrogen-bond acceptors (Lipinski definition) is 5. The fourth-order valence-corrected chi connectivity index (χ4v) is 2.52. The Kier molecular flexibility index (Phi) is 5.82. The van der Waals surface area contributed by atoms with Crippen LogP contribution in [0.3, 0.4) is 0 Å². The lowest BCUT2D eigenvalue weighted by Gasteiger charge is -2.15. The zero-order valence-electron chi connectivity index (χ0n) is 15.8. The average Bonchev–Trinajstić information content (AvgIpc) is 2.70. The number of amides is 1. The SMILES string of the molecule is CC(=O)c1cccc(NC(=O)[C@H](C)Oc2ccc(=O)n(-c3ccc(F)cc3)n2)c1. The second kappa shape index (κ2) is 8.47. The summed E-state index contributed by atoms with van der Waals surface area (Å²) in [5.41, 5.74) is 0.869. The summed E-state index contributed by atoms with van der Waals surface area (Å²) in [5.74, 6) is -0.952. The molecule has 0 aliphatic carbocycles. The molecule has 0 spiro atoms. The maximum absolute atomic E-state index is 13.1. The van der Waals surface area contributed by atoms with E-state index in [2.05, 4.69) is 10.4 Å². The van der Waals surface area contributed by atoms with E-state index in [9.17, 15) is 18.8 Å². The van der Waals surface area contributed by atoms with Gasteiger partial charge in [0.05, 0.1) is 5.69 Å². The standard InChI is InChI=1S/C21H18FN3O4/c1-13(26)15-4-3-5-17(12-15)23-21(28)14(2)29-19-10-11-20(27)25(24-19)18-8-6-16(22)7-9-18/h3-12,14H,1-2H3,(H,23,28)/t14-/m0/s1. The molecule has 0 aliphatic heterocycles. The lowest BCUT2D eigenvalue weighted by molar-refractivity contribution is -0.122. The number of ketones is 1. The predicted molar refractivity (Wildman–Crippen MR) is 105 cm³/mol. The molecular formula is C21H18FN3O4. The molecule has 1 amide bonds. The monoisotopic (exact) mass is 395 g/mol. The fourth-order valence-electron chi connectivity index (χ4n) is 2.52. The quantitative estimate of drug-likeness (QED) is 0.648. The van der Waals surface area contributed by atoms with E-state index in [1.807, 2.05) is 0 Å². The number of rotatable bonds is 6. The van der Waals surface area contributed by atoms with Gasteiger partial charge in [-0.1, -0.05) is 12.1 Å². The topological polar surface area (TPSA) is 90.3 Å². The molecule has 3 aromatic rings. The van der Waals surface area contributed by atoms with Gasteiger partial charge in [0, 0.05) is 23.4 Å². The fraction of sp³-hybridized carbons (Fsp3) is 0.143. The van der Waals surface area contributed by atoms with E-state index in [0.29, 0.717) is 16.9 Å². The number of carbonyl (C=O) groups is 2. The smallest absolute Gasteiger partial charge is 0.271 e. The summed E-state index contributed by atoms with van der Waals surface area (Å²) in [7, 11) is 0. The Morgan fingerprint density at radius 2 is 1.83 bits per heavy atom. The summed E-state index contributed by atoms with van der Waals surface area (Å²) >= 11 is 0. The Morgan fingerprint density at radius 1 is 1.10 bits per heavy atom. The van der Waals surface area contributed by atoms with E-state index in [0.717, 1.165) is 4.68 Å². The summed E-state index contributed by atoms with van der Waals surface area (Å²) in [5, 5.41) is 6.74. The van der Waals surface area contributed by atoms with E-state index in [1.54, 1.807) is 24.3 Å². The van der Waals surface area contributed by atoms with Crippen LogP contribution >= 0.6 is 0 Å². The van der Waals surface area contributed by atoms with Crippen molar-refractivity contribution < 1.29 is 18.7 Å². The van der Waals surface area contributed by atoms with Crippen LogP contribution in [0.5, 0.6) is 5.88 Å². The molecule has 0 bridgehead atoms. The third-order valence-electron chi connectivity index (χ3n) is 4.05. The molecule has 0 saturated carbocycles. The van der Waals surface area contributed by atoms with Gasteiger partial charge < -0.3 is 10.1 Å². The maximum atomic E-state index is 13.1. The van der Waals surface area contributed by atoms with E-state index >= 15 is 0 Å². The van der Waals surface area contributed by atoms with Crippen LogP contribution < -0.4 is 15.6 Å². The third kappa shape index (κ3) is 4.92. The molecule has 7 nitrogen and oxygen atoms in total. The highest BCUT2D eigenvalue weighted by molar-refractivity contribution is 5.98. The van der Waals surface area contributed by atoms with Crippen molar-refractivity contribution in [3.63, 3.8) is 0 Å². The zero-order valence-corrected chi connectivity index (χ0v) is 15.8. The predicted octanol–water partition coefficient (Wildman–Crippen LogP) is 2.98. The number of ether oxygens (including phenoxy) is 1. The number of Topliss-reactive ketones (excluding diaryl/α,β-unsaturated/α-hetero) is 1. The second-order valence-electron chi connectivity index (χ2n) is 6.28. The minimum Gasteiger partial charge on any atom is -0.463 e. The van der Waals surface area contributed by atoms with Crippen molar-refractivity contribution >= 4 is 17.4 Å². The van der Waals surface area contributed by atoms with Gasteiger partial charge in [-0.15, -0.1) is 5.10 Å². The van der Waals surface area contributed by atoms with Gasteiger partial charge in [0.1, 0.15) is 5.82 Å². The first-order chi connectivity index (χ1) is 13.8. The minimum atomic E-state index is -0.928. The Balaban J connectivity index is 1.74. The Morgan fingerprint density at radius 3 is 2.52 bits per heavy atom. The first-order valence-electron chi connectivity index (χ1n) is 8.78. The van der Waals surface area contributed by atoms with Gasteiger partial charge in [0.2, 0.25) is 5.88 Å². The molecule has 29 heavy (non-hydrogen) atoms. The molecule has 0 radical (unpaired) electrons. The van der Waals surface area contributed by atoms with Crippen LogP contribution in [0.25, 0.3) is 5.69 Å². The molecular weight excluding hydrogens is 377 g/mol. The molecule has 1 heterocycles. The highest BCUT2D eigenvalue weighted by Crippen LogP contribution is 2.14. The van der Waals surface area contributed by atoms with Crippen LogP contribution in [0.15, 0.2) is 65.5 Å². The Bertz CT molecular complexity index is 1110. The maximum Gasteiger partial charge on any atom is 0.271 e. The van der Waals surface area contributed by atoms with Crippen molar-refractivity contribution in [1.29, 1.82) is 0 Å². The van der Waals surface area contributed by atoms with Gasteiger partial charge in [0.15, 0.2) is 11.9 Å². The molecule has 0 aliphatic rings. The summed E-state index contributed by atoms with van der Waals surface area (Å²) < 4.78 is 19.7. The molecule has 1 N–H and O–H groups in total. The van der Waals surface area contributed by atoms with E-state index in [-0.39, 0.29) is 11.7 Å². The highest BCUT2D eigenvalue weighted by atomic mass is 19.1. The summed E-state index contributed by atoms with van der Waals surface area (Å²) in [4.78, 5) is 35.9. The second-order valence-corrected chi connectivity index (χ2v) is 6.28. The molecule has 148 valence electrons. The van der Waals surface area contributed by atoms with Gasteiger partial charge in [-0.2, -0.15) is 4.68 Å². The molecule has 1 aromatic heterocycles. The number of nitrogens with one attached hydrogen (secondary N) is 1. The number of carbonyl (C=O) groups excluding carboxylic acids is 2. The van der Waals surface area contributed by atoms with Crippen molar-refractivity contribution in [2.75, 3.05) is 5.32 Å². The first-order valence-corrected chi connectivity index (χ1v) is 8.78. The number of halogens is 1. The largest absolute Gasteiger partial charge is 0.463 e. The van der Waals surface area contributed by atoms with Crippen LogP contribution in [0.1, 0.15) is 24.2 Å². The van der Waals surface area contributed by atoms with Crippen LogP contribution in [0.4, 0.5) is 10.1 Å². The van der Waals surface area contributed by atoms with Crippen molar-refractivity contribution in [3.8, 4) is 11.6 Å². The normalized spacial score (nSPS) is 11.6.